The minimum atomic E-state index is -0.152. The van der Waals surface area contributed by atoms with E-state index in [1.807, 2.05) is 52.1 Å². The van der Waals surface area contributed by atoms with Gasteiger partial charge in [-0.3, -0.25) is 14.3 Å². The van der Waals surface area contributed by atoms with Crippen molar-refractivity contribution in [3.63, 3.8) is 0 Å². The van der Waals surface area contributed by atoms with Gasteiger partial charge in [0, 0.05) is 66.8 Å². The topological polar surface area (TPSA) is 108 Å². The number of aromatic nitrogens is 6. The molecule has 1 N–H and O–H groups in total. The smallest absolute Gasteiger partial charge is 0.327 e. The van der Waals surface area contributed by atoms with Crippen LogP contribution in [0.25, 0.3) is 33.3 Å². The van der Waals surface area contributed by atoms with Crippen LogP contribution in [0.4, 0.5) is 5.82 Å². The molecular formula is C35H42Cl3N9O2. The Labute approximate surface area is 302 Å². The Morgan fingerprint density at radius 3 is 2.33 bits per heavy atom. The van der Waals surface area contributed by atoms with E-state index in [-0.39, 0.29) is 49.0 Å². The van der Waals surface area contributed by atoms with E-state index in [9.17, 15) is 9.59 Å². The number of amides is 1. The number of fused-ring (bicyclic) bond motifs is 2. The molecular weight excluding hydrogens is 685 g/mol. The minimum absolute atomic E-state index is 0. The molecule has 5 aromatic rings. The number of imidazole rings is 1. The number of nitrogens with one attached hydrogen (secondary N) is 1. The van der Waals surface area contributed by atoms with Gasteiger partial charge >= 0.3 is 5.69 Å². The Bertz CT molecular complexity index is 1970. The fraction of sp³-hybridized carbons (Fsp3) is 0.457. The fourth-order valence-electron chi connectivity index (χ4n) is 8.02. The highest BCUT2D eigenvalue weighted by Gasteiger charge is 2.30. The van der Waals surface area contributed by atoms with Crippen LogP contribution in [-0.2, 0) is 11.3 Å². The van der Waals surface area contributed by atoms with Crippen LogP contribution < -0.4 is 10.6 Å². The largest absolute Gasteiger partial charge is 0.356 e. The minimum Gasteiger partial charge on any atom is -0.356 e. The van der Waals surface area contributed by atoms with Gasteiger partial charge in [-0.25, -0.2) is 19.7 Å². The van der Waals surface area contributed by atoms with Gasteiger partial charge in [0.1, 0.15) is 24.3 Å². The molecule has 7 heterocycles. The lowest BCUT2D eigenvalue weighted by Gasteiger charge is -2.40. The number of halogens is 3. The van der Waals surface area contributed by atoms with Gasteiger partial charge < -0.3 is 19.3 Å². The predicted octanol–water partition coefficient (Wildman–Crippen LogP) is 5.95. The number of rotatable bonds is 6. The first kappa shape index (κ1) is 35.2. The molecule has 1 aromatic carbocycles. The van der Waals surface area contributed by atoms with Crippen LogP contribution in [0.15, 0.2) is 59.9 Å². The van der Waals surface area contributed by atoms with Crippen molar-refractivity contribution in [3.8, 4) is 11.1 Å². The van der Waals surface area contributed by atoms with Gasteiger partial charge in [0.2, 0.25) is 5.91 Å². The van der Waals surface area contributed by atoms with Gasteiger partial charge in [-0.1, -0.05) is 36.2 Å². The van der Waals surface area contributed by atoms with Gasteiger partial charge in [0.25, 0.3) is 0 Å². The summed E-state index contributed by atoms with van der Waals surface area (Å²) in [7, 11) is 0. The first-order valence-electron chi connectivity index (χ1n) is 17.0. The summed E-state index contributed by atoms with van der Waals surface area (Å²) in [5.74, 6) is 0.939. The van der Waals surface area contributed by atoms with Gasteiger partial charge in [-0.2, -0.15) is 0 Å². The number of carbonyl (C=O) groups excluding carboxylic acids is 1. The Hall–Kier alpha value is -3.64. The molecule has 3 saturated heterocycles. The molecule has 0 radical (unpaired) electrons. The second-order valence-electron chi connectivity index (χ2n) is 13.1. The number of H-pyrrole nitrogens is 1. The van der Waals surface area contributed by atoms with Crippen LogP contribution in [0.1, 0.15) is 51.0 Å². The van der Waals surface area contributed by atoms with Crippen LogP contribution in [0.2, 0.25) is 5.02 Å². The number of anilines is 1. The highest BCUT2D eigenvalue weighted by Crippen LogP contribution is 2.39. The number of nitrogens with zero attached hydrogens (tertiary/aromatic N) is 8. The Balaban J connectivity index is 0.00000208. The number of hydrogen-bond donors (Lipinski definition) is 1. The molecule has 11 nitrogen and oxygen atoms in total. The Kier molecular flexibility index (Phi) is 10.8. The third-order valence-electron chi connectivity index (χ3n) is 10.4. The standard InChI is InChI=1S/C35H40ClN9O2.2ClH/c36-28-8-3-2-7-26(28)27-21-44(22-30(46)42-17-12-25(13-18-42)45-29-9-6-14-37-32(29)40-35(45)47)34-31(27)33(38-23-39-34)43-19-10-24(11-20-43)41-15-4-1-5-16-41;;/h2-3,6-9,14,21,23-25H,1,4-5,10-13,15-20,22H2,(H,37,40,47);2*1H. The molecule has 0 bridgehead atoms. The van der Waals surface area contributed by atoms with Crippen LogP contribution in [-0.4, -0.2) is 90.1 Å². The molecule has 3 fully saturated rings. The summed E-state index contributed by atoms with van der Waals surface area (Å²) >= 11 is 6.77. The number of likely N-dealkylation sites (tertiary alicyclic amines) is 2. The summed E-state index contributed by atoms with van der Waals surface area (Å²) in [4.78, 5) is 50.3. The van der Waals surface area contributed by atoms with Crippen molar-refractivity contribution in [2.45, 2.75) is 63.6 Å². The first-order chi connectivity index (χ1) is 23.0. The summed E-state index contributed by atoms with van der Waals surface area (Å²) in [5, 5.41) is 1.59. The van der Waals surface area contributed by atoms with E-state index < -0.39 is 0 Å². The van der Waals surface area contributed by atoms with Crippen molar-refractivity contribution in [2.24, 2.45) is 0 Å². The lowest BCUT2D eigenvalue weighted by molar-refractivity contribution is -0.133. The average Bonchev–Trinajstić information content (AvgIpc) is 3.65. The molecule has 8 rings (SSSR count). The molecule has 0 unspecified atom stereocenters. The van der Waals surface area contributed by atoms with Crippen molar-refractivity contribution >= 4 is 70.3 Å². The van der Waals surface area contributed by atoms with Crippen molar-refractivity contribution in [3.05, 3.63) is 70.6 Å². The van der Waals surface area contributed by atoms with Crippen molar-refractivity contribution in [1.82, 2.24) is 38.9 Å². The van der Waals surface area contributed by atoms with Crippen LogP contribution in [0.3, 0.4) is 0 Å². The molecule has 0 spiro atoms. The maximum absolute atomic E-state index is 13.8. The highest BCUT2D eigenvalue weighted by atomic mass is 35.5. The van der Waals surface area contributed by atoms with E-state index in [1.165, 1.54) is 32.4 Å². The second kappa shape index (κ2) is 15.1. The third-order valence-corrected chi connectivity index (χ3v) is 10.8. The molecule has 0 aliphatic carbocycles. The Morgan fingerprint density at radius 2 is 1.57 bits per heavy atom. The molecule has 3 aliphatic heterocycles. The van der Waals surface area contributed by atoms with Crippen LogP contribution in [0, 0.1) is 0 Å². The third kappa shape index (κ3) is 6.78. The number of benzene rings is 1. The van der Waals surface area contributed by atoms with E-state index in [2.05, 4.69) is 19.8 Å². The van der Waals surface area contributed by atoms with Gasteiger partial charge in [-0.15, -0.1) is 24.8 Å². The van der Waals surface area contributed by atoms with E-state index in [0.29, 0.717) is 42.6 Å². The van der Waals surface area contributed by atoms with Crippen molar-refractivity contribution in [1.29, 1.82) is 0 Å². The summed E-state index contributed by atoms with van der Waals surface area (Å²) in [6.45, 7) is 5.61. The average molecular weight is 727 g/mol. The lowest BCUT2D eigenvalue weighted by Crippen LogP contribution is -2.47. The molecule has 0 atom stereocenters. The van der Waals surface area contributed by atoms with E-state index in [4.69, 9.17) is 21.6 Å². The summed E-state index contributed by atoms with van der Waals surface area (Å²) in [6, 6.07) is 12.2. The molecule has 3 aliphatic rings. The lowest BCUT2D eigenvalue weighted by atomic mass is 9.99. The zero-order valence-corrected chi connectivity index (χ0v) is 29.7. The quantitative estimate of drug-likeness (QED) is 0.231. The number of aromatic amines is 1. The summed E-state index contributed by atoms with van der Waals surface area (Å²) in [6.07, 6.45) is 12.9. The number of hydrogen-bond acceptors (Lipinski definition) is 7. The zero-order valence-electron chi connectivity index (χ0n) is 27.3. The van der Waals surface area contributed by atoms with E-state index in [1.54, 1.807) is 17.1 Å². The predicted molar refractivity (Wildman–Crippen MR) is 198 cm³/mol. The van der Waals surface area contributed by atoms with Crippen LogP contribution >= 0.6 is 36.4 Å². The summed E-state index contributed by atoms with van der Waals surface area (Å²) in [5.41, 5.74) is 3.84. The molecule has 0 saturated carbocycles. The van der Waals surface area contributed by atoms with Crippen LogP contribution in [0.5, 0.6) is 0 Å². The zero-order chi connectivity index (χ0) is 31.9. The number of piperidine rings is 3. The SMILES string of the molecule is Cl.Cl.O=C(Cn1cc(-c2ccccc2Cl)c2c(N3CCC(N4CCCCC4)CC3)ncnc21)N1CCC(n2c(=O)[nH]c3ncccc32)CC1. The van der Waals surface area contributed by atoms with E-state index >= 15 is 0 Å². The maximum atomic E-state index is 13.8. The molecule has 49 heavy (non-hydrogen) atoms. The van der Waals surface area contributed by atoms with Gasteiger partial charge in [0.05, 0.1) is 10.9 Å². The van der Waals surface area contributed by atoms with Gasteiger partial charge in [-0.05, 0) is 69.8 Å². The fourth-order valence-corrected chi connectivity index (χ4v) is 8.26. The number of pyridine rings is 1. The first-order valence-corrected chi connectivity index (χ1v) is 17.3. The second-order valence-corrected chi connectivity index (χ2v) is 13.6. The maximum Gasteiger partial charge on any atom is 0.327 e. The summed E-state index contributed by atoms with van der Waals surface area (Å²) < 4.78 is 3.76. The van der Waals surface area contributed by atoms with E-state index in [0.717, 1.165) is 59.4 Å². The molecule has 1 amide bonds. The highest BCUT2D eigenvalue weighted by molar-refractivity contribution is 6.33. The molecule has 14 heteroatoms. The van der Waals surface area contributed by atoms with Gasteiger partial charge in [0.15, 0.2) is 5.65 Å². The number of carbonyl (C=O) groups is 1. The van der Waals surface area contributed by atoms with Crippen molar-refractivity contribution in [2.75, 3.05) is 44.2 Å². The molecule has 260 valence electrons. The normalized spacial score (nSPS) is 18.1. The monoisotopic (exact) mass is 725 g/mol. The van der Waals surface area contributed by atoms with Crippen molar-refractivity contribution < 1.29 is 4.79 Å². The Morgan fingerprint density at radius 1 is 0.837 bits per heavy atom. The molecule has 4 aromatic heterocycles.